The summed E-state index contributed by atoms with van der Waals surface area (Å²) in [5.74, 6) is -0.845. The SMILES string of the molecule is C=CCOCC=C.CC=C(C)C(=O)O.CCC(CO)(CO)CO. The summed E-state index contributed by atoms with van der Waals surface area (Å²) < 4.78 is 4.90. The maximum Gasteiger partial charge on any atom is 0.330 e. The van der Waals surface area contributed by atoms with Gasteiger partial charge in [-0.05, 0) is 20.3 Å². The van der Waals surface area contributed by atoms with Crippen LogP contribution >= 0.6 is 0 Å². The van der Waals surface area contributed by atoms with Gasteiger partial charge < -0.3 is 25.2 Å². The largest absolute Gasteiger partial charge is 0.478 e. The van der Waals surface area contributed by atoms with Gasteiger partial charge in [0.05, 0.1) is 33.0 Å². The lowest BCUT2D eigenvalue weighted by Crippen LogP contribution is -2.32. The molecule has 0 aliphatic carbocycles. The standard InChI is InChI=1S/C6H14O3.C6H10O.C5H8O2/c1-2-6(3-7,4-8)5-9;1-3-5-7-6-4-2;1-3-4(2)5(6)7/h7-9H,2-5H2,1H3;3-4H,1-2,5-6H2;3H,1-2H3,(H,6,7). The van der Waals surface area contributed by atoms with Crippen LogP contribution in [-0.4, -0.2) is 59.4 Å². The molecule has 6 heteroatoms. The van der Waals surface area contributed by atoms with Crippen LogP contribution in [0.3, 0.4) is 0 Å². The van der Waals surface area contributed by atoms with Gasteiger partial charge in [0.25, 0.3) is 0 Å². The Balaban J connectivity index is -0.000000264. The molecular formula is C17H32O6. The first-order valence-electron chi connectivity index (χ1n) is 7.32. The maximum atomic E-state index is 9.86. The third kappa shape index (κ3) is 16.7. The Kier molecular flexibility index (Phi) is 21.3. The van der Waals surface area contributed by atoms with Crippen LogP contribution in [0.5, 0.6) is 0 Å². The van der Waals surface area contributed by atoms with Gasteiger partial charge >= 0.3 is 5.97 Å². The Morgan fingerprint density at radius 3 is 1.57 bits per heavy atom. The fourth-order valence-electron chi connectivity index (χ4n) is 0.844. The van der Waals surface area contributed by atoms with E-state index in [9.17, 15) is 4.79 Å². The minimum absolute atomic E-state index is 0.156. The number of ether oxygens (including phenoxy) is 1. The molecule has 0 heterocycles. The molecule has 4 N–H and O–H groups in total. The zero-order chi connectivity index (χ0) is 18.7. The summed E-state index contributed by atoms with van der Waals surface area (Å²) in [6.07, 6.45) is 5.58. The molecule has 0 aromatic heterocycles. The lowest BCUT2D eigenvalue weighted by molar-refractivity contribution is -0.132. The fourth-order valence-corrected chi connectivity index (χ4v) is 0.844. The maximum absolute atomic E-state index is 9.86. The monoisotopic (exact) mass is 332 g/mol. The van der Waals surface area contributed by atoms with E-state index < -0.39 is 11.4 Å². The van der Waals surface area contributed by atoms with Crippen molar-refractivity contribution in [3.8, 4) is 0 Å². The molecule has 0 aliphatic rings. The van der Waals surface area contributed by atoms with E-state index >= 15 is 0 Å². The highest BCUT2D eigenvalue weighted by Crippen LogP contribution is 2.18. The van der Waals surface area contributed by atoms with Crippen molar-refractivity contribution in [2.75, 3.05) is 33.0 Å². The quantitative estimate of drug-likeness (QED) is 0.291. The molecule has 0 aromatic rings. The number of aliphatic hydroxyl groups is 3. The normalized spacial score (nSPS) is 10.6. The summed E-state index contributed by atoms with van der Waals surface area (Å²) in [7, 11) is 0. The Bertz CT molecular complexity index is 306. The van der Waals surface area contributed by atoms with Gasteiger partial charge in [-0.15, -0.1) is 13.2 Å². The van der Waals surface area contributed by atoms with Crippen molar-refractivity contribution >= 4 is 5.97 Å². The number of carbonyl (C=O) groups is 1. The van der Waals surface area contributed by atoms with Gasteiger partial charge in [0, 0.05) is 11.0 Å². The first-order chi connectivity index (χ1) is 10.8. The third-order valence-electron chi connectivity index (χ3n) is 3.00. The highest BCUT2D eigenvalue weighted by atomic mass is 16.5. The molecule has 6 nitrogen and oxygen atoms in total. The number of allylic oxidation sites excluding steroid dienone is 1. The van der Waals surface area contributed by atoms with Gasteiger partial charge in [0.1, 0.15) is 0 Å². The summed E-state index contributed by atoms with van der Waals surface area (Å²) in [5.41, 5.74) is -0.278. The minimum Gasteiger partial charge on any atom is -0.478 e. The molecule has 0 spiro atoms. The first kappa shape index (κ1) is 26.4. The smallest absolute Gasteiger partial charge is 0.330 e. The van der Waals surface area contributed by atoms with E-state index in [-0.39, 0.29) is 19.8 Å². The van der Waals surface area contributed by atoms with Gasteiger partial charge in [-0.2, -0.15) is 0 Å². The third-order valence-corrected chi connectivity index (χ3v) is 3.00. The Morgan fingerprint density at radius 1 is 1.09 bits per heavy atom. The van der Waals surface area contributed by atoms with Crippen LogP contribution in [0.4, 0.5) is 0 Å². The summed E-state index contributed by atoms with van der Waals surface area (Å²) in [5, 5.41) is 34.1. The zero-order valence-electron chi connectivity index (χ0n) is 14.5. The molecule has 0 bridgehead atoms. The van der Waals surface area contributed by atoms with E-state index in [0.717, 1.165) is 0 Å². The molecule has 0 saturated heterocycles. The van der Waals surface area contributed by atoms with E-state index in [2.05, 4.69) is 13.2 Å². The fraction of sp³-hybridized carbons (Fsp3) is 0.588. The molecule has 0 fully saturated rings. The Hall–Kier alpha value is -1.47. The van der Waals surface area contributed by atoms with Gasteiger partial charge in [-0.3, -0.25) is 0 Å². The van der Waals surface area contributed by atoms with Crippen molar-refractivity contribution in [3.05, 3.63) is 37.0 Å². The number of aliphatic hydroxyl groups excluding tert-OH is 3. The summed E-state index contributed by atoms with van der Waals surface area (Å²) in [6, 6.07) is 0. The predicted molar refractivity (Wildman–Crippen MR) is 92.3 cm³/mol. The molecule has 0 amide bonds. The van der Waals surface area contributed by atoms with Crippen molar-refractivity contribution in [1.82, 2.24) is 0 Å². The van der Waals surface area contributed by atoms with E-state index in [0.29, 0.717) is 25.2 Å². The molecule has 23 heavy (non-hydrogen) atoms. The van der Waals surface area contributed by atoms with Gasteiger partial charge in [0.2, 0.25) is 0 Å². The van der Waals surface area contributed by atoms with Crippen molar-refractivity contribution < 1.29 is 30.0 Å². The predicted octanol–water partition coefficient (Wildman–Crippen LogP) is 1.77. The highest BCUT2D eigenvalue weighted by molar-refractivity contribution is 5.85. The van der Waals surface area contributed by atoms with E-state index in [1.165, 1.54) is 0 Å². The van der Waals surface area contributed by atoms with E-state index in [1.807, 2.05) is 6.92 Å². The van der Waals surface area contributed by atoms with Gasteiger partial charge in [0.15, 0.2) is 0 Å². The number of rotatable bonds is 9. The van der Waals surface area contributed by atoms with Crippen LogP contribution in [0.25, 0.3) is 0 Å². The number of carboxylic acids is 1. The average Bonchev–Trinajstić information content (AvgIpc) is 2.58. The number of carboxylic acid groups (broad SMARTS) is 1. The second kappa shape index (κ2) is 18.6. The van der Waals surface area contributed by atoms with Crippen LogP contribution in [0.15, 0.2) is 37.0 Å². The molecule has 0 atom stereocenters. The van der Waals surface area contributed by atoms with Crippen molar-refractivity contribution in [1.29, 1.82) is 0 Å². The summed E-state index contributed by atoms with van der Waals surface area (Å²) in [6.45, 7) is 12.8. The average molecular weight is 332 g/mol. The molecule has 0 radical (unpaired) electrons. The second-order valence-electron chi connectivity index (χ2n) is 4.72. The number of hydrogen-bond donors (Lipinski definition) is 4. The molecule has 0 unspecified atom stereocenters. The molecular weight excluding hydrogens is 300 g/mol. The van der Waals surface area contributed by atoms with Crippen LogP contribution in [-0.2, 0) is 9.53 Å². The second-order valence-corrected chi connectivity index (χ2v) is 4.72. The van der Waals surface area contributed by atoms with Crippen LogP contribution in [0.1, 0.15) is 27.2 Å². The van der Waals surface area contributed by atoms with Crippen LogP contribution in [0.2, 0.25) is 0 Å². The van der Waals surface area contributed by atoms with Crippen molar-refractivity contribution in [3.63, 3.8) is 0 Å². The molecule has 0 aliphatic heterocycles. The Morgan fingerprint density at radius 2 is 1.48 bits per heavy atom. The molecule has 0 rings (SSSR count). The van der Waals surface area contributed by atoms with Gasteiger partial charge in [-0.25, -0.2) is 4.79 Å². The van der Waals surface area contributed by atoms with E-state index in [4.69, 9.17) is 25.2 Å². The van der Waals surface area contributed by atoms with E-state index in [1.54, 1.807) is 32.1 Å². The first-order valence-corrected chi connectivity index (χ1v) is 7.32. The highest BCUT2D eigenvalue weighted by Gasteiger charge is 2.24. The minimum atomic E-state index is -0.845. The van der Waals surface area contributed by atoms with Crippen molar-refractivity contribution in [2.45, 2.75) is 27.2 Å². The van der Waals surface area contributed by atoms with Crippen LogP contribution in [0, 0.1) is 5.41 Å². The zero-order valence-corrected chi connectivity index (χ0v) is 14.5. The number of aliphatic carboxylic acids is 1. The number of hydrogen-bond acceptors (Lipinski definition) is 5. The lowest BCUT2D eigenvalue weighted by atomic mass is 9.88. The van der Waals surface area contributed by atoms with Crippen molar-refractivity contribution in [2.24, 2.45) is 5.41 Å². The summed E-state index contributed by atoms with van der Waals surface area (Å²) in [4.78, 5) is 9.86. The van der Waals surface area contributed by atoms with Gasteiger partial charge in [-0.1, -0.05) is 25.2 Å². The molecule has 136 valence electrons. The topological polar surface area (TPSA) is 107 Å². The summed E-state index contributed by atoms with van der Waals surface area (Å²) >= 11 is 0. The Labute approximate surface area is 139 Å². The lowest BCUT2D eigenvalue weighted by Gasteiger charge is -2.24. The molecule has 0 saturated carbocycles. The van der Waals surface area contributed by atoms with Crippen LogP contribution < -0.4 is 0 Å². The molecule has 0 aromatic carbocycles.